The minimum atomic E-state index is -1.03. The second-order valence-electron chi connectivity index (χ2n) is 8.41. The molecule has 0 radical (unpaired) electrons. The first-order valence-electron chi connectivity index (χ1n) is 10.9. The van der Waals surface area contributed by atoms with Crippen LogP contribution in [0.2, 0.25) is 0 Å². The van der Waals surface area contributed by atoms with Crippen LogP contribution in [0.15, 0.2) is 73.1 Å². The predicted octanol–water partition coefficient (Wildman–Crippen LogP) is 1.36. The molecule has 5 unspecified atom stereocenters. The predicted molar refractivity (Wildman–Crippen MR) is 128 cm³/mol. The molecular weight excluding hydrogens is 438 g/mol. The summed E-state index contributed by atoms with van der Waals surface area (Å²) in [5.74, 6) is -0.736. The summed E-state index contributed by atoms with van der Waals surface area (Å²) in [6.07, 6.45) is 1.68. The number of carbonyl (C=O) groups excluding carboxylic acids is 1. The molecule has 1 aromatic heterocycles. The van der Waals surface area contributed by atoms with Gasteiger partial charge in [-0.25, -0.2) is 4.68 Å². The van der Waals surface area contributed by atoms with Crippen LogP contribution in [0.3, 0.4) is 0 Å². The molecule has 33 heavy (non-hydrogen) atoms. The van der Waals surface area contributed by atoms with E-state index >= 15 is 0 Å². The van der Waals surface area contributed by atoms with Crippen LogP contribution in [0.5, 0.6) is 0 Å². The minimum absolute atomic E-state index is 0.148. The third-order valence-electron chi connectivity index (χ3n) is 6.39. The Morgan fingerprint density at radius 3 is 2.52 bits per heavy atom. The van der Waals surface area contributed by atoms with Crippen molar-refractivity contribution in [2.45, 2.75) is 37.3 Å². The number of rotatable bonds is 5. The maximum absolute atomic E-state index is 13.2. The minimum Gasteiger partial charge on any atom is -0.390 e. The zero-order chi connectivity index (χ0) is 22.9. The molecule has 5 atom stereocenters. The summed E-state index contributed by atoms with van der Waals surface area (Å²) in [4.78, 5) is 15.1. The molecule has 1 aliphatic carbocycles. The summed E-state index contributed by atoms with van der Waals surface area (Å²) in [6.45, 7) is 0.392. The molecule has 2 aromatic carbocycles. The largest absolute Gasteiger partial charge is 0.390 e. The van der Waals surface area contributed by atoms with Crippen LogP contribution >= 0.6 is 12.2 Å². The van der Waals surface area contributed by atoms with Crippen LogP contribution in [0, 0.1) is 5.92 Å². The molecule has 5 rings (SSSR count). The van der Waals surface area contributed by atoms with Gasteiger partial charge < -0.3 is 25.7 Å². The van der Waals surface area contributed by atoms with Crippen molar-refractivity contribution in [1.29, 1.82) is 0 Å². The van der Waals surface area contributed by atoms with Gasteiger partial charge in [0.1, 0.15) is 6.10 Å². The lowest BCUT2D eigenvalue weighted by molar-refractivity contribution is -0.131. The van der Waals surface area contributed by atoms with Gasteiger partial charge >= 0.3 is 0 Å². The number of benzene rings is 2. The van der Waals surface area contributed by atoms with E-state index in [0.29, 0.717) is 11.7 Å². The maximum atomic E-state index is 13.2. The van der Waals surface area contributed by atoms with Crippen molar-refractivity contribution in [1.82, 2.24) is 20.4 Å². The number of amides is 1. The fraction of sp³-hybridized carbons (Fsp3) is 0.292. The van der Waals surface area contributed by atoms with Crippen LogP contribution in [0.25, 0.3) is 5.69 Å². The van der Waals surface area contributed by atoms with E-state index in [2.05, 4.69) is 15.7 Å². The molecule has 2 heterocycles. The van der Waals surface area contributed by atoms with E-state index in [-0.39, 0.29) is 12.3 Å². The number of aromatic nitrogens is 2. The number of anilines is 1. The van der Waals surface area contributed by atoms with E-state index in [1.54, 1.807) is 10.9 Å². The van der Waals surface area contributed by atoms with Gasteiger partial charge in [-0.3, -0.25) is 4.79 Å². The molecule has 0 bridgehead atoms. The third-order valence-corrected chi connectivity index (χ3v) is 6.70. The summed E-state index contributed by atoms with van der Waals surface area (Å²) in [5.41, 5.74) is 2.69. The molecule has 1 saturated carbocycles. The number of carbonyl (C=O) groups is 1. The highest BCUT2D eigenvalue weighted by atomic mass is 32.1. The molecule has 3 aromatic rings. The zero-order valence-electron chi connectivity index (χ0n) is 17.8. The topological polar surface area (TPSA) is 103 Å². The van der Waals surface area contributed by atoms with E-state index in [0.717, 1.165) is 16.9 Å². The van der Waals surface area contributed by atoms with Crippen molar-refractivity contribution < 1.29 is 15.0 Å². The second-order valence-corrected chi connectivity index (χ2v) is 8.79. The number of hydrogen-bond donors (Lipinski definition) is 4. The molecule has 2 fully saturated rings. The van der Waals surface area contributed by atoms with Gasteiger partial charge in [-0.05, 0) is 54.5 Å². The molecule has 9 heteroatoms. The highest BCUT2D eigenvalue weighted by Crippen LogP contribution is 2.37. The second kappa shape index (κ2) is 8.93. The van der Waals surface area contributed by atoms with Crippen molar-refractivity contribution in [3.8, 4) is 5.69 Å². The summed E-state index contributed by atoms with van der Waals surface area (Å²) < 4.78 is 1.76. The van der Waals surface area contributed by atoms with Gasteiger partial charge in [-0.1, -0.05) is 30.3 Å². The number of nitrogens with zero attached hydrogens (tertiary/aromatic N) is 3. The molecule has 1 saturated heterocycles. The third kappa shape index (κ3) is 4.10. The number of fused-ring (bicyclic) bond motifs is 1. The average molecular weight is 464 g/mol. The molecule has 1 amide bonds. The number of thiocarbonyl (C=S) groups is 1. The first-order valence-corrected chi connectivity index (χ1v) is 11.3. The van der Waals surface area contributed by atoms with Crippen LogP contribution in [0.4, 0.5) is 5.69 Å². The zero-order valence-corrected chi connectivity index (χ0v) is 18.6. The monoisotopic (exact) mass is 463 g/mol. The Morgan fingerprint density at radius 2 is 1.82 bits per heavy atom. The fourth-order valence-corrected chi connectivity index (χ4v) is 5.11. The van der Waals surface area contributed by atoms with Crippen LogP contribution in [-0.2, 0) is 11.3 Å². The number of aliphatic hydroxyl groups is 2. The van der Waals surface area contributed by atoms with Gasteiger partial charge in [-0.2, -0.15) is 5.10 Å². The van der Waals surface area contributed by atoms with Gasteiger partial charge in [-0.15, -0.1) is 0 Å². The summed E-state index contributed by atoms with van der Waals surface area (Å²) >= 11 is 5.59. The van der Waals surface area contributed by atoms with Gasteiger partial charge in [0.2, 0.25) is 5.91 Å². The standard InChI is InChI=1S/C24H25N5O3S/c30-19-13-18(23(32)25-14-15-5-2-1-3-6-15)21-20(22(19)31)27-24(33)29(21)17-9-7-16(8-10-17)28-12-4-11-26-28/h1-12,18-22,30-31H,13-14H2,(H,25,32)(H,27,33). The molecule has 2 aliphatic rings. The van der Waals surface area contributed by atoms with E-state index in [9.17, 15) is 15.0 Å². The number of aliphatic hydroxyl groups excluding tert-OH is 2. The molecular formula is C24H25N5O3S. The maximum Gasteiger partial charge on any atom is 0.225 e. The Hall–Kier alpha value is -3.27. The van der Waals surface area contributed by atoms with Crippen molar-refractivity contribution in [2.75, 3.05) is 4.90 Å². The van der Waals surface area contributed by atoms with Crippen molar-refractivity contribution >= 4 is 28.9 Å². The normalized spacial score (nSPS) is 26.5. The number of hydrogen-bond acceptors (Lipinski definition) is 5. The Balaban J connectivity index is 1.41. The lowest BCUT2D eigenvalue weighted by Gasteiger charge is -2.41. The van der Waals surface area contributed by atoms with E-state index < -0.39 is 30.2 Å². The molecule has 1 aliphatic heterocycles. The van der Waals surface area contributed by atoms with Crippen LogP contribution < -0.4 is 15.5 Å². The first kappa shape index (κ1) is 21.6. The van der Waals surface area contributed by atoms with Gasteiger partial charge in [0.05, 0.1) is 29.8 Å². The summed E-state index contributed by atoms with van der Waals surface area (Å²) in [5, 5.41) is 31.9. The van der Waals surface area contributed by atoms with Gasteiger partial charge in [0, 0.05) is 24.6 Å². The fourth-order valence-electron chi connectivity index (χ4n) is 4.74. The van der Waals surface area contributed by atoms with E-state index in [4.69, 9.17) is 12.2 Å². The molecule has 4 N–H and O–H groups in total. The lowest BCUT2D eigenvalue weighted by Crippen LogP contribution is -2.60. The molecule has 8 nitrogen and oxygen atoms in total. The molecule has 0 spiro atoms. The number of nitrogens with one attached hydrogen (secondary N) is 2. The highest BCUT2D eigenvalue weighted by Gasteiger charge is 2.53. The first-order chi connectivity index (χ1) is 16.0. The quantitative estimate of drug-likeness (QED) is 0.424. The van der Waals surface area contributed by atoms with E-state index in [1.807, 2.05) is 71.8 Å². The molecule has 170 valence electrons. The van der Waals surface area contributed by atoms with Crippen LogP contribution in [0.1, 0.15) is 12.0 Å². The van der Waals surface area contributed by atoms with Crippen molar-refractivity contribution in [2.24, 2.45) is 5.92 Å². The average Bonchev–Trinajstić information content (AvgIpc) is 3.49. The van der Waals surface area contributed by atoms with E-state index in [1.165, 1.54) is 0 Å². The lowest BCUT2D eigenvalue weighted by atomic mass is 9.77. The Bertz CT molecular complexity index is 1120. The van der Waals surface area contributed by atoms with Crippen molar-refractivity contribution in [3.63, 3.8) is 0 Å². The Kier molecular flexibility index (Phi) is 5.84. The summed E-state index contributed by atoms with van der Waals surface area (Å²) in [6, 6.07) is 18.2. The Labute approximate surface area is 196 Å². The highest BCUT2D eigenvalue weighted by molar-refractivity contribution is 7.80. The summed E-state index contributed by atoms with van der Waals surface area (Å²) in [7, 11) is 0. The smallest absolute Gasteiger partial charge is 0.225 e. The van der Waals surface area contributed by atoms with Gasteiger partial charge in [0.15, 0.2) is 5.11 Å². The van der Waals surface area contributed by atoms with Crippen LogP contribution in [-0.4, -0.2) is 55.3 Å². The SMILES string of the molecule is O=C(NCc1ccccc1)C1CC(O)C(O)C2NC(=S)N(c3ccc(-n4cccn4)cc3)C12. The Morgan fingerprint density at radius 1 is 1.09 bits per heavy atom. The van der Waals surface area contributed by atoms with Crippen molar-refractivity contribution in [3.05, 3.63) is 78.6 Å². The van der Waals surface area contributed by atoms with Gasteiger partial charge in [0.25, 0.3) is 0 Å².